The molecule has 1 aliphatic rings. The van der Waals surface area contributed by atoms with E-state index in [2.05, 4.69) is 5.32 Å². The van der Waals surface area contributed by atoms with Crippen LogP contribution in [0.5, 0.6) is 0 Å². The molecule has 1 saturated heterocycles. The third kappa shape index (κ3) is 3.93. The molecule has 0 aliphatic carbocycles. The fourth-order valence-electron chi connectivity index (χ4n) is 1.69. The van der Waals surface area contributed by atoms with Crippen LogP contribution >= 0.6 is 7.14 Å². The van der Waals surface area contributed by atoms with E-state index in [0.717, 1.165) is 25.2 Å². The summed E-state index contributed by atoms with van der Waals surface area (Å²) in [5.41, 5.74) is 0. The summed E-state index contributed by atoms with van der Waals surface area (Å²) in [6.07, 6.45) is 3.38. The number of piperidine rings is 1. The summed E-state index contributed by atoms with van der Waals surface area (Å²) in [5, 5.41) is 3.31. The van der Waals surface area contributed by atoms with Gasteiger partial charge in [0.25, 0.3) is 0 Å². The molecule has 1 rings (SSSR count). The predicted octanol–water partition coefficient (Wildman–Crippen LogP) is 1.61. The van der Waals surface area contributed by atoms with E-state index in [4.69, 9.17) is 0 Å². The van der Waals surface area contributed by atoms with E-state index in [1.165, 1.54) is 12.8 Å². The van der Waals surface area contributed by atoms with Crippen LogP contribution in [0, 0.1) is 5.92 Å². The van der Waals surface area contributed by atoms with Gasteiger partial charge >= 0.3 is 0 Å². The average molecular weight is 175 g/mol. The lowest BCUT2D eigenvalue weighted by atomic mass is 10.0. The SMILES string of the molecule is CP(C)(=O)CC1CCNCC1. The molecule has 0 aromatic heterocycles. The molecule has 0 aromatic carbocycles. The van der Waals surface area contributed by atoms with Gasteiger partial charge in [-0.1, -0.05) is 0 Å². The van der Waals surface area contributed by atoms with Crippen molar-refractivity contribution in [3.05, 3.63) is 0 Å². The Bertz CT molecular complexity index is 157. The second kappa shape index (κ2) is 3.73. The number of hydrogen-bond acceptors (Lipinski definition) is 2. The van der Waals surface area contributed by atoms with Gasteiger partial charge in [-0.15, -0.1) is 0 Å². The first-order chi connectivity index (χ1) is 5.08. The van der Waals surface area contributed by atoms with E-state index < -0.39 is 7.14 Å². The highest BCUT2D eigenvalue weighted by atomic mass is 31.2. The summed E-state index contributed by atoms with van der Waals surface area (Å²) in [5.74, 6) is 0.720. The van der Waals surface area contributed by atoms with Gasteiger partial charge in [0.15, 0.2) is 0 Å². The summed E-state index contributed by atoms with van der Waals surface area (Å²) >= 11 is 0. The van der Waals surface area contributed by atoms with Crippen LogP contribution in [0.3, 0.4) is 0 Å². The quantitative estimate of drug-likeness (QED) is 0.646. The van der Waals surface area contributed by atoms with Crippen molar-refractivity contribution in [1.29, 1.82) is 0 Å². The van der Waals surface area contributed by atoms with Crippen LogP contribution < -0.4 is 5.32 Å². The van der Waals surface area contributed by atoms with Crippen LogP contribution in [-0.2, 0) is 4.57 Å². The Hall–Kier alpha value is 0.190. The van der Waals surface area contributed by atoms with Crippen molar-refractivity contribution in [3.63, 3.8) is 0 Å². The van der Waals surface area contributed by atoms with E-state index in [1.54, 1.807) is 0 Å². The third-order valence-corrected chi connectivity index (χ3v) is 3.55. The number of hydrogen-bond donors (Lipinski definition) is 1. The summed E-state index contributed by atoms with van der Waals surface area (Å²) < 4.78 is 11.5. The Labute approximate surface area is 69.1 Å². The topological polar surface area (TPSA) is 29.1 Å². The molecule has 0 atom stereocenters. The van der Waals surface area contributed by atoms with E-state index in [1.807, 2.05) is 13.3 Å². The third-order valence-electron chi connectivity index (χ3n) is 2.16. The van der Waals surface area contributed by atoms with Crippen molar-refractivity contribution in [2.45, 2.75) is 12.8 Å². The molecule has 0 radical (unpaired) electrons. The first-order valence-corrected chi connectivity index (χ1v) is 7.11. The highest BCUT2D eigenvalue weighted by Crippen LogP contribution is 2.40. The summed E-state index contributed by atoms with van der Waals surface area (Å²) in [7, 11) is -1.76. The van der Waals surface area contributed by atoms with Crippen LogP contribution in [-0.4, -0.2) is 32.6 Å². The van der Waals surface area contributed by atoms with Crippen LogP contribution in [0.4, 0.5) is 0 Å². The number of rotatable bonds is 2. The minimum atomic E-state index is -1.76. The van der Waals surface area contributed by atoms with Crippen LogP contribution in [0.15, 0.2) is 0 Å². The molecule has 0 unspecified atom stereocenters. The molecule has 2 nitrogen and oxygen atoms in total. The maximum atomic E-state index is 11.5. The van der Waals surface area contributed by atoms with Gasteiger partial charge in [0.2, 0.25) is 0 Å². The maximum Gasteiger partial charge on any atom is 0.0822 e. The van der Waals surface area contributed by atoms with Gasteiger partial charge in [0.05, 0.1) is 7.14 Å². The van der Waals surface area contributed by atoms with Gasteiger partial charge in [-0.2, -0.15) is 0 Å². The van der Waals surface area contributed by atoms with Gasteiger partial charge in [0, 0.05) is 6.16 Å². The Kier molecular flexibility index (Phi) is 3.15. The Morgan fingerprint density at radius 1 is 1.36 bits per heavy atom. The molecule has 66 valence electrons. The predicted molar refractivity (Wildman–Crippen MR) is 49.9 cm³/mol. The molecule has 3 heteroatoms. The first kappa shape index (κ1) is 9.28. The Morgan fingerprint density at radius 2 is 1.91 bits per heavy atom. The summed E-state index contributed by atoms with van der Waals surface area (Å²) in [6, 6.07) is 0. The summed E-state index contributed by atoms with van der Waals surface area (Å²) in [6.45, 7) is 6.03. The Morgan fingerprint density at radius 3 is 2.36 bits per heavy atom. The lowest BCUT2D eigenvalue weighted by molar-refractivity contribution is 0.402. The van der Waals surface area contributed by atoms with Crippen molar-refractivity contribution in [3.8, 4) is 0 Å². The van der Waals surface area contributed by atoms with Crippen LogP contribution in [0.25, 0.3) is 0 Å². The maximum absolute atomic E-state index is 11.5. The molecule has 1 heterocycles. The lowest BCUT2D eigenvalue weighted by Gasteiger charge is -2.23. The molecule has 0 saturated carbocycles. The second-order valence-corrected chi connectivity index (χ2v) is 7.46. The normalized spacial score (nSPS) is 22.0. The van der Waals surface area contributed by atoms with Gasteiger partial charge in [0.1, 0.15) is 0 Å². The van der Waals surface area contributed by atoms with Crippen molar-refractivity contribution >= 4 is 7.14 Å². The average Bonchev–Trinajstić information content (AvgIpc) is 1.85. The van der Waals surface area contributed by atoms with Crippen LogP contribution in [0.2, 0.25) is 0 Å². The van der Waals surface area contributed by atoms with E-state index in [9.17, 15) is 4.57 Å². The molecule has 0 amide bonds. The molecule has 0 bridgehead atoms. The minimum Gasteiger partial charge on any atom is -0.324 e. The fraction of sp³-hybridized carbons (Fsp3) is 1.00. The monoisotopic (exact) mass is 175 g/mol. The van der Waals surface area contributed by atoms with Crippen molar-refractivity contribution < 1.29 is 4.57 Å². The Balaban J connectivity index is 2.30. The second-order valence-electron chi connectivity index (χ2n) is 3.95. The number of nitrogens with one attached hydrogen (secondary N) is 1. The van der Waals surface area contributed by atoms with E-state index >= 15 is 0 Å². The standard InChI is InChI=1S/C8H18NOP/c1-11(2,10)7-8-3-5-9-6-4-8/h8-9H,3-7H2,1-2H3. The van der Waals surface area contributed by atoms with Crippen molar-refractivity contribution in [2.75, 3.05) is 32.6 Å². The molecule has 11 heavy (non-hydrogen) atoms. The molecule has 1 fully saturated rings. The molecule has 0 aromatic rings. The van der Waals surface area contributed by atoms with Crippen molar-refractivity contribution in [2.24, 2.45) is 5.92 Å². The van der Waals surface area contributed by atoms with Gasteiger partial charge < -0.3 is 9.88 Å². The highest BCUT2D eigenvalue weighted by molar-refractivity contribution is 7.62. The zero-order valence-corrected chi connectivity index (χ0v) is 8.36. The lowest BCUT2D eigenvalue weighted by Crippen LogP contribution is -2.29. The van der Waals surface area contributed by atoms with Crippen LogP contribution in [0.1, 0.15) is 12.8 Å². The molecular weight excluding hydrogens is 157 g/mol. The van der Waals surface area contributed by atoms with Gasteiger partial charge in [-0.3, -0.25) is 0 Å². The minimum absolute atomic E-state index is 0.720. The zero-order chi connectivity index (χ0) is 8.32. The molecule has 1 N–H and O–H groups in total. The van der Waals surface area contributed by atoms with Crippen molar-refractivity contribution in [1.82, 2.24) is 5.32 Å². The zero-order valence-electron chi connectivity index (χ0n) is 7.47. The molecule has 1 aliphatic heterocycles. The largest absolute Gasteiger partial charge is 0.324 e. The smallest absolute Gasteiger partial charge is 0.0822 e. The van der Waals surface area contributed by atoms with Gasteiger partial charge in [-0.05, 0) is 45.2 Å². The van der Waals surface area contributed by atoms with E-state index in [-0.39, 0.29) is 0 Å². The highest BCUT2D eigenvalue weighted by Gasteiger charge is 2.18. The fourth-order valence-corrected chi connectivity index (χ4v) is 3.29. The molecule has 0 spiro atoms. The molecular formula is C8H18NOP. The summed E-state index contributed by atoms with van der Waals surface area (Å²) in [4.78, 5) is 0. The van der Waals surface area contributed by atoms with E-state index in [0.29, 0.717) is 0 Å². The first-order valence-electron chi connectivity index (χ1n) is 4.33. The van der Waals surface area contributed by atoms with Gasteiger partial charge in [-0.25, -0.2) is 0 Å².